The van der Waals surface area contributed by atoms with Crippen molar-refractivity contribution in [1.29, 1.82) is 0 Å². The van der Waals surface area contributed by atoms with Crippen molar-refractivity contribution in [2.45, 2.75) is 13.0 Å². The second-order valence-corrected chi connectivity index (χ2v) is 4.34. The van der Waals surface area contributed by atoms with E-state index in [0.717, 1.165) is 5.56 Å². The quantitative estimate of drug-likeness (QED) is 0.861. The van der Waals surface area contributed by atoms with Gasteiger partial charge in [0.05, 0.1) is 19.3 Å². The smallest absolute Gasteiger partial charge is 0.317 e. The van der Waals surface area contributed by atoms with Crippen molar-refractivity contribution in [3.63, 3.8) is 0 Å². The predicted octanol–water partition coefficient (Wildman–Crippen LogP) is 1.45. The van der Waals surface area contributed by atoms with Gasteiger partial charge in [0.15, 0.2) is 0 Å². The molecular formula is C13H17NO3. The lowest BCUT2D eigenvalue weighted by atomic mass is 10.0. The first-order valence-electron chi connectivity index (χ1n) is 5.78. The Kier molecular flexibility index (Phi) is 3.76. The van der Waals surface area contributed by atoms with Crippen LogP contribution < -0.4 is 0 Å². The summed E-state index contributed by atoms with van der Waals surface area (Å²) in [7, 11) is 0. The van der Waals surface area contributed by atoms with Crippen LogP contribution in [0.3, 0.4) is 0 Å². The molecule has 0 bridgehead atoms. The standard InChI is InChI=1S/C13H17NO3/c1-10-4-2-3-5-11(10)12-8-14(6-7-17-12)9-13(15)16/h2-5,12H,6-9H2,1H3,(H,15,16). The van der Waals surface area contributed by atoms with Crippen LogP contribution in [0, 0.1) is 6.92 Å². The van der Waals surface area contributed by atoms with Gasteiger partial charge in [0, 0.05) is 13.1 Å². The average Bonchev–Trinajstić information content (AvgIpc) is 2.29. The van der Waals surface area contributed by atoms with Crippen molar-refractivity contribution in [3.8, 4) is 0 Å². The molecule has 0 aromatic heterocycles. The third kappa shape index (κ3) is 3.05. The molecule has 1 fully saturated rings. The van der Waals surface area contributed by atoms with Gasteiger partial charge in [-0.2, -0.15) is 0 Å². The van der Waals surface area contributed by atoms with Gasteiger partial charge >= 0.3 is 5.97 Å². The molecule has 92 valence electrons. The lowest BCUT2D eigenvalue weighted by Crippen LogP contribution is -2.41. The van der Waals surface area contributed by atoms with Gasteiger partial charge in [-0.25, -0.2) is 0 Å². The summed E-state index contributed by atoms with van der Waals surface area (Å²) < 4.78 is 5.72. The van der Waals surface area contributed by atoms with Crippen LogP contribution in [0.5, 0.6) is 0 Å². The molecule has 0 spiro atoms. The van der Waals surface area contributed by atoms with E-state index in [4.69, 9.17) is 9.84 Å². The number of rotatable bonds is 3. The SMILES string of the molecule is Cc1ccccc1C1CN(CC(=O)O)CCO1. The minimum Gasteiger partial charge on any atom is -0.480 e. The number of carboxylic acids is 1. The number of hydrogen-bond acceptors (Lipinski definition) is 3. The number of ether oxygens (including phenoxy) is 1. The molecular weight excluding hydrogens is 218 g/mol. The maximum absolute atomic E-state index is 10.7. The summed E-state index contributed by atoms with van der Waals surface area (Å²) in [5.74, 6) is -0.782. The fourth-order valence-electron chi connectivity index (χ4n) is 2.17. The molecule has 0 saturated carbocycles. The van der Waals surface area contributed by atoms with E-state index < -0.39 is 5.97 Å². The number of morpholine rings is 1. The van der Waals surface area contributed by atoms with Gasteiger partial charge in [-0.3, -0.25) is 9.69 Å². The Hall–Kier alpha value is -1.39. The average molecular weight is 235 g/mol. The third-order valence-electron chi connectivity index (χ3n) is 3.04. The van der Waals surface area contributed by atoms with E-state index in [1.807, 2.05) is 23.1 Å². The highest BCUT2D eigenvalue weighted by Crippen LogP contribution is 2.24. The molecule has 4 heteroatoms. The predicted molar refractivity (Wildman–Crippen MR) is 63.9 cm³/mol. The van der Waals surface area contributed by atoms with E-state index in [0.29, 0.717) is 19.7 Å². The molecule has 4 nitrogen and oxygen atoms in total. The molecule has 17 heavy (non-hydrogen) atoms. The van der Waals surface area contributed by atoms with Crippen LogP contribution >= 0.6 is 0 Å². The van der Waals surface area contributed by atoms with E-state index in [9.17, 15) is 4.79 Å². The highest BCUT2D eigenvalue weighted by Gasteiger charge is 2.23. The van der Waals surface area contributed by atoms with Gasteiger partial charge in [-0.1, -0.05) is 24.3 Å². The molecule has 1 aromatic rings. The van der Waals surface area contributed by atoms with Gasteiger partial charge in [-0.05, 0) is 18.1 Å². The normalized spacial score (nSPS) is 21.4. The largest absolute Gasteiger partial charge is 0.480 e. The monoisotopic (exact) mass is 235 g/mol. The van der Waals surface area contributed by atoms with E-state index in [2.05, 4.69) is 13.0 Å². The van der Waals surface area contributed by atoms with Crippen LogP contribution in [0.1, 0.15) is 17.2 Å². The minimum atomic E-state index is -0.782. The van der Waals surface area contributed by atoms with Crippen molar-refractivity contribution in [3.05, 3.63) is 35.4 Å². The molecule has 1 saturated heterocycles. The first-order chi connectivity index (χ1) is 8.16. The fourth-order valence-corrected chi connectivity index (χ4v) is 2.17. The Balaban J connectivity index is 2.07. The lowest BCUT2D eigenvalue weighted by Gasteiger charge is -2.32. The Morgan fingerprint density at radius 1 is 1.53 bits per heavy atom. The van der Waals surface area contributed by atoms with E-state index in [1.165, 1.54) is 5.56 Å². The molecule has 1 heterocycles. The summed E-state index contributed by atoms with van der Waals surface area (Å²) in [4.78, 5) is 12.6. The molecule has 1 aliphatic rings. The number of carbonyl (C=O) groups is 1. The maximum Gasteiger partial charge on any atom is 0.317 e. The third-order valence-corrected chi connectivity index (χ3v) is 3.04. The van der Waals surface area contributed by atoms with Crippen LogP contribution in [0.15, 0.2) is 24.3 Å². The van der Waals surface area contributed by atoms with Crippen LogP contribution in [0.4, 0.5) is 0 Å². The van der Waals surface area contributed by atoms with Crippen molar-refractivity contribution < 1.29 is 14.6 Å². The number of aryl methyl sites for hydroxylation is 1. The molecule has 0 amide bonds. The van der Waals surface area contributed by atoms with Crippen LogP contribution in [0.2, 0.25) is 0 Å². The molecule has 1 unspecified atom stereocenters. The van der Waals surface area contributed by atoms with Gasteiger partial charge in [0.1, 0.15) is 0 Å². The number of nitrogens with zero attached hydrogens (tertiary/aromatic N) is 1. The molecule has 1 aromatic carbocycles. The summed E-state index contributed by atoms with van der Waals surface area (Å²) >= 11 is 0. The summed E-state index contributed by atoms with van der Waals surface area (Å²) in [5.41, 5.74) is 2.34. The minimum absolute atomic E-state index is 0.00991. The summed E-state index contributed by atoms with van der Waals surface area (Å²) in [6.07, 6.45) is -0.00991. The Morgan fingerprint density at radius 3 is 3.00 bits per heavy atom. The molecule has 0 radical (unpaired) electrons. The van der Waals surface area contributed by atoms with Crippen LogP contribution in [-0.4, -0.2) is 42.2 Å². The zero-order chi connectivity index (χ0) is 12.3. The first kappa shape index (κ1) is 12.1. The second-order valence-electron chi connectivity index (χ2n) is 4.34. The molecule has 1 N–H and O–H groups in total. The Labute approximate surface area is 101 Å². The van der Waals surface area contributed by atoms with Gasteiger partial charge < -0.3 is 9.84 Å². The summed E-state index contributed by atoms with van der Waals surface area (Å²) in [5, 5.41) is 8.79. The van der Waals surface area contributed by atoms with Gasteiger partial charge in [0.2, 0.25) is 0 Å². The second kappa shape index (κ2) is 5.29. The molecule has 2 rings (SSSR count). The van der Waals surface area contributed by atoms with Gasteiger partial charge in [0.25, 0.3) is 0 Å². The number of carboxylic acid groups (broad SMARTS) is 1. The summed E-state index contributed by atoms with van der Waals surface area (Å²) in [6, 6.07) is 8.08. The highest BCUT2D eigenvalue weighted by atomic mass is 16.5. The van der Waals surface area contributed by atoms with Crippen molar-refractivity contribution in [2.24, 2.45) is 0 Å². The van der Waals surface area contributed by atoms with E-state index in [1.54, 1.807) is 0 Å². The topological polar surface area (TPSA) is 49.8 Å². The summed E-state index contributed by atoms with van der Waals surface area (Å²) in [6.45, 7) is 4.07. The fraction of sp³-hybridized carbons (Fsp3) is 0.462. The maximum atomic E-state index is 10.7. The molecule has 1 atom stereocenters. The first-order valence-corrected chi connectivity index (χ1v) is 5.78. The zero-order valence-electron chi connectivity index (χ0n) is 9.93. The van der Waals surface area contributed by atoms with E-state index >= 15 is 0 Å². The highest BCUT2D eigenvalue weighted by molar-refractivity contribution is 5.69. The molecule has 0 aliphatic carbocycles. The van der Waals surface area contributed by atoms with Crippen molar-refractivity contribution in [1.82, 2.24) is 4.90 Å². The number of hydrogen-bond donors (Lipinski definition) is 1. The Bertz CT molecular complexity index is 405. The van der Waals surface area contributed by atoms with Crippen molar-refractivity contribution in [2.75, 3.05) is 26.2 Å². The lowest BCUT2D eigenvalue weighted by molar-refractivity contribution is -0.140. The van der Waals surface area contributed by atoms with Crippen molar-refractivity contribution >= 4 is 5.97 Å². The zero-order valence-corrected chi connectivity index (χ0v) is 9.93. The van der Waals surface area contributed by atoms with Gasteiger partial charge in [-0.15, -0.1) is 0 Å². The Morgan fingerprint density at radius 2 is 2.29 bits per heavy atom. The van der Waals surface area contributed by atoms with Crippen LogP contribution in [0.25, 0.3) is 0 Å². The van der Waals surface area contributed by atoms with E-state index in [-0.39, 0.29) is 12.6 Å². The number of aliphatic carboxylic acids is 1. The van der Waals surface area contributed by atoms with Crippen LogP contribution in [-0.2, 0) is 9.53 Å². The molecule has 1 aliphatic heterocycles. The number of benzene rings is 1.